The largest absolute Gasteiger partial charge is 0.494 e. The quantitative estimate of drug-likeness (QED) is 0.271. The number of aromatic nitrogens is 1. The molecule has 1 fully saturated rings. The first-order valence-electron chi connectivity index (χ1n) is 13.6. The Bertz CT molecular complexity index is 1440. The number of benzene rings is 2. The predicted octanol–water partition coefficient (Wildman–Crippen LogP) is 5.56. The van der Waals surface area contributed by atoms with Crippen LogP contribution >= 0.6 is 11.3 Å². The van der Waals surface area contributed by atoms with Gasteiger partial charge in [-0.15, -0.1) is 11.3 Å². The molecule has 4 aromatic rings. The molecule has 8 heteroatoms. The molecule has 1 aliphatic rings. The topological polar surface area (TPSA) is 66.8 Å². The summed E-state index contributed by atoms with van der Waals surface area (Å²) in [6.45, 7) is 8.53. The minimum absolute atomic E-state index is 0.337. The van der Waals surface area contributed by atoms with Gasteiger partial charge in [0.2, 0.25) is 0 Å². The molecule has 1 saturated heterocycles. The highest BCUT2D eigenvalue weighted by Gasteiger charge is 2.18. The Hall–Kier alpha value is -3.36. The summed E-state index contributed by atoms with van der Waals surface area (Å²) in [5, 5.41) is 7.21. The van der Waals surface area contributed by atoms with Crippen molar-refractivity contribution in [2.24, 2.45) is 0 Å². The van der Waals surface area contributed by atoms with Gasteiger partial charge in [0, 0.05) is 60.6 Å². The summed E-state index contributed by atoms with van der Waals surface area (Å²) in [7, 11) is 0. The molecule has 3 heterocycles. The number of rotatable bonds is 10. The van der Waals surface area contributed by atoms with Crippen LogP contribution in [0.25, 0.3) is 21.0 Å². The van der Waals surface area contributed by atoms with Crippen molar-refractivity contribution in [2.75, 3.05) is 50.8 Å². The smallest absolute Gasteiger partial charge is 0.329 e. The molecular weight excluding hydrogens is 496 g/mol. The van der Waals surface area contributed by atoms with Crippen LogP contribution in [0.5, 0.6) is 5.75 Å². The number of anilines is 1. The third-order valence-electron chi connectivity index (χ3n) is 7.20. The molecule has 2 aromatic heterocycles. The first-order valence-corrected chi connectivity index (χ1v) is 14.5. The second-order valence-electron chi connectivity index (χ2n) is 9.81. The number of pyridine rings is 1. The number of thiophene rings is 1. The number of ether oxygens (including phenoxy) is 1. The fourth-order valence-electron chi connectivity index (χ4n) is 5.06. The monoisotopic (exact) mass is 532 g/mol. The molecule has 0 bridgehead atoms. The van der Waals surface area contributed by atoms with Crippen molar-refractivity contribution in [1.29, 1.82) is 0 Å². The number of unbranched alkanes of at least 4 members (excludes halogenated alkanes) is 2. The summed E-state index contributed by atoms with van der Waals surface area (Å²) in [4.78, 5) is 30.2. The number of amides is 1. The second kappa shape index (κ2) is 12.5. The van der Waals surface area contributed by atoms with Crippen LogP contribution in [0.15, 0.2) is 64.8 Å². The highest BCUT2D eigenvalue weighted by Crippen LogP contribution is 2.31. The highest BCUT2D eigenvalue weighted by atomic mass is 32.1. The molecule has 2 aromatic carbocycles. The van der Waals surface area contributed by atoms with Gasteiger partial charge in [-0.3, -0.25) is 9.69 Å². The average molecular weight is 533 g/mol. The van der Waals surface area contributed by atoms with Gasteiger partial charge in [-0.05, 0) is 73.0 Å². The van der Waals surface area contributed by atoms with Gasteiger partial charge >= 0.3 is 6.03 Å². The zero-order valence-corrected chi connectivity index (χ0v) is 22.8. The van der Waals surface area contributed by atoms with E-state index in [0.717, 1.165) is 63.8 Å². The SMILES string of the molecule is CCCCNC(=O)n1c(=O)ccc2ccc(OCCCCN3CCN(c4cccc5sccc45)CC3)cc21. The second-order valence-corrected chi connectivity index (χ2v) is 10.8. The number of hydrogen-bond donors (Lipinski definition) is 1. The minimum atomic E-state index is -0.390. The number of hydrogen-bond acceptors (Lipinski definition) is 6. The van der Waals surface area contributed by atoms with E-state index in [2.05, 4.69) is 51.7 Å². The van der Waals surface area contributed by atoms with Gasteiger partial charge < -0.3 is 15.0 Å². The summed E-state index contributed by atoms with van der Waals surface area (Å²) < 4.78 is 8.57. The maximum absolute atomic E-state index is 12.7. The number of nitrogens with one attached hydrogen (secondary N) is 1. The molecule has 0 radical (unpaired) electrons. The van der Waals surface area contributed by atoms with E-state index in [9.17, 15) is 9.59 Å². The van der Waals surface area contributed by atoms with Crippen LogP contribution in [-0.4, -0.2) is 61.4 Å². The summed E-state index contributed by atoms with van der Waals surface area (Å²) in [6, 6.07) is 17.2. The van der Waals surface area contributed by atoms with E-state index < -0.39 is 6.03 Å². The third kappa shape index (κ3) is 6.03. The van der Waals surface area contributed by atoms with E-state index in [-0.39, 0.29) is 5.56 Å². The molecular formula is C30H36N4O3S. The Morgan fingerprint density at radius 2 is 1.84 bits per heavy atom. The molecule has 7 nitrogen and oxygen atoms in total. The normalized spacial score (nSPS) is 14.3. The molecule has 0 unspecified atom stereocenters. The van der Waals surface area contributed by atoms with Crippen LogP contribution in [0.4, 0.5) is 10.5 Å². The maximum atomic E-state index is 12.7. The number of nitrogens with zero attached hydrogens (tertiary/aromatic N) is 3. The zero-order valence-electron chi connectivity index (χ0n) is 22.0. The minimum Gasteiger partial charge on any atom is -0.494 e. The van der Waals surface area contributed by atoms with Crippen LogP contribution in [-0.2, 0) is 0 Å². The van der Waals surface area contributed by atoms with Crippen molar-refractivity contribution in [3.63, 3.8) is 0 Å². The van der Waals surface area contributed by atoms with Gasteiger partial charge in [0.1, 0.15) is 5.75 Å². The first kappa shape index (κ1) is 26.3. The number of fused-ring (bicyclic) bond motifs is 2. The van der Waals surface area contributed by atoms with E-state index in [1.165, 1.54) is 26.4 Å². The fraction of sp³-hybridized carbons (Fsp3) is 0.400. The van der Waals surface area contributed by atoms with Gasteiger partial charge in [0.05, 0.1) is 12.1 Å². The predicted molar refractivity (Wildman–Crippen MR) is 157 cm³/mol. The lowest BCUT2D eigenvalue weighted by molar-refractivity contribution is 0.238. The van der Waals surface area contributed by atoms with Crippen LogP contribution < -0.4 is 20.5 Å². The van der Waals surface area contributed by atoms with Crippen LogP contribution in [0.1, 0.15) is 32.6 Å². The van der Waals surface area contributed by atoms with Crippen molar-refractivity contribution in [2.45, 2.75) is 32.6 Å². The molecule has 0 spiro atoms. The molecule has 0 atom stereocenters. The van der Waals surface area contributed by atoms with Crippen molar-refractivity contribution in [1.82, 2.24) is 14.8 Å². The van der Waals surface area contributed by atoms with Crippen LogP contribution in [0.3, 0.4) is 0 Å². The number of piperazine rings is 1. The third-order valence-corrected chi connectivity index (χ3v) is 8.08. The van der Waals surface area contributed by atoms with E-state index in [0.29, 0.717) is 24.4 Å². The summed E-state index contributed by atoms with van der Waals surface area (Å²) in [5.41, 5.74) is 1.59. The lowest BCUT2D eigenvalue weighted by atomic mass is 10.2. The molecule has 200 valence electrons. The molecule has 38 heavy (non-hydrogen) atoms. The highest BCUT2D eigenvalue weighted by molar-refractivity contribution is 7.17. The van der Waals surface area contributed by atoms with Crippen molar-refractivity contribution >= 4 is 44.0 Å². The summed E-state index contributed by atoms with van der Waals surface area (Å²) in [5.74, 6) is 0.675. The Morgan fingerprint density at radius 3 is 2.68 bits per heavy atom. The van der Waals surface area contributed by atoms with Gasteiger partial charge in [-0.25, -0.2) is 9.36 Å². The van der Waals surface area contributed by atoms with Gasteiger partial charge in [-0.1, -0.05) is 19.4 Å². The fourth-order valence-corrected chi connectivity index (χ4v) is 5.86. The van der Waals surface area contributed by atoms with Gasteiger partial charge in [0.25, 0.3) is 5.56 Å². The lowest BCUT2D eigenvalue weighted by Crippen LogP contribution is -2.46. The standard InChI is InChI=1S/C30H36N4O3S/c1-2-3-14-31-30(36)34-27-22-24(11-9-23(27)10-12-29(34)35)37-20-5-4-15-32-16-18-33(19-17-32)26-7-6-8-28-25(26)13-21-38-28/h6-13,21-22H,2-5,14-20H2,1H3,(H,31,36). The number of carbonyl (C=O) groups excluding carboxylic acids is 1. The van der Waals surface area contributed by atoms with Gasteiger partial charge in [-0.2, -0.15) is 0 Å². The van der Waals surface area contributed by atoms with E-state index in [1.807, 2.05) is 12.1 Å². The molecule has 0 aliphatic carbocycles. The Balaban J connectivity index is 1.09. The van der Waals surface area contributed by atoms with Crippen molar-refractivity contribution < 1.29 is 9.53 Å². The molecule has 1 aliphatic heterocycles. The first-order chi connectivity index (χ1) is 18.6. The zero-order chi connectivity index (χ0) is 26.3. The average Bonchev–Trinajstić information content (AvgIpc) is 3.42. The Kier molecular flexibility index (Phi) is 8.61. The summed E-state index contributed by atoms with van der Waals surface area (Å²) >= 11 is 1.80. The molecule has 5 rings (SSSR count). The van der Waals surface area contributed by atoms with E-state index in [4.69, 9.17) is 4.74 Å². The molecule has 1 amide bonds. The van der Waals surface area contributed by atoms with Gasteiger partial charge in [0.15, 0.2) is 0 Å². The lowest BCUT2D eigenvalue weighted by Gasteiger charge is -2.36. The van der Waals surface area contributed by atoms with Crippen molar-refractivity contribution in [3.05, 3.63) is 70.3 Å². The van der Waals surface area contributed by atoms with Crippen LogP contribution in [0, 0.1) is 0 Å². The Labute approximate surface area is 227 Å². The maximum Gasteiger partial charge on any atom is 0.329 e. The summed E-state index contributed by atoms with van der Waals surface area (Å²) in [6.07, 6.45) is 3.87. The molecule has 1 N–H and O–H groups in total. The molecule has 0 saturated carbocycles. The van der Waals surface area contributed by atoms with Crippen molar-refractivity contribution in [3.8, 4) is 5.75 Å². The van der Waals surface area contributed by atoms with E-state index in [1.54, 1.807) is 23.5 Å². The van der Waals surface area contributed by atoms with Crippen LogP contribution in [0.2, 0.25) is 0 Å². The number of carbonyl (C=O) groups is 1. The Morgan fingerprint density at radius 1 is 1.00 bits per heavy atom. The van der Waals surface area contributed by atoms with E-state index >= 15 is 0 Å².